The predicted octanol–water partition coefficient (Wildman–Crippen LogP) is 25.1. The Morgan fingerprint density at radius 2 is 0.500 bits per heavy atom. The zero-order chi connectivity index (χ0) is 74.9. The van der Waals surface area contributed by atoms with E-state index in [0.717, 1.165) is 102 Å². The van der Waals surface area contributed by atoms with Crippen LogP contribution in [-0.4, -0.2) is 96.7 Å². The summed E-state index contributed by atoms with van der Waals surface area (Å²) >= 11 is 0. The second-order valence-electron chi connectivity index (χ2n) is 30.6. The van der Waals surface area contributed by atoms with Crippen molar-refractivity contribution in [2.45, 2.75) is 458 Å². The van der Waals surface area contributed by atoms with Crippen LogP contribution in [0.4, 0.5) is 0 Å². The number of aliphatic hydroxyl groups is 1. The topological polar surface area (TPSA) is 237 Å². The second kappa shape index (κ2) is 74.5. The lowest BCUT2D eigenvalue weighted by molar-refractivity contribution is -0.161. The average Bonchev–Trinajstić information content (AvgIpc) is 0.916. The lowest BCUT2D eigenvalue weighted by Crippen LogP contribution is -2.30. The average molecular weight is 1490 g/mol. The Bertz CT molecular complexity index is 1960. The molecule has 0 aliphatic rings. The summed E-state index contributed by atoms with van der Waals surface area (Å²) in [5, 5.41) is 10.7. The molecule has 0 rings (SSSR count). The van der Waals surface area contributed by atoms with Crippen LogP contribution in [0.1, 0.15) is 440 Å². The standard InChI is InChI=1S/C83H162O17P2/c1-7-10-12-14-16-18-20-22-23-24-25-26-27-28-34-38-42-50-56-62-68-83(88)99-78(71-93-80(85)65-59-53-47-40-36-33-30-29-32-35-39-45-51-57-63-75(4)5)73-97-101(89,90)95-69-77(84)70-96-102(91,92)98-74-79(72-94-81(86)66-60-54-48-44-43-46-52-58-64-76(6)9-3)100-82(87)67-61-55-49-41-37-31-21-19-17-15-13-11-8-2/h75-79,84H,7-74H2,1-6H3,(H,89,90)(H,91,92)/t76?,77-,78-,79-/m1/s1. The van der Waals surface area contributed by atoms with Crippen LogP contribution in [0.15, 0.2) is 0 Å². The maximum Gasteiger partial charge on any atom is 0.472 e. The minimum Gasteiger partial charge on any atom is -0.462 e. The Balaban J connectivity index is 5.25. The Morgan fingerprint density at radius 1 is 0.284 bits per heavy atom. The van der Waals surface area contributed by atoms with E-state index in [1.165, 1.54) is 257 Å². The van der Waals surface area contributed by atoms with Crippen molar-refractivity contribution in [1.29, 1.82) is 0 Å². The van der Waals surface area contributed by atoms with Crippen molar-refractivity contribution < 1.29 is 80.2 Å². The molecule has 3 N–H and O–H groups in total. The molecule has 0 aromatic heterocycles. The number of carbonyl (C=O) groups excluding carboxylic acids is 4. The minimum atomic E-state index is -4.96. The summed E-state index contributed by atoms with van der Waals surface area (Å²) in [6.45, 7) is 9.68. The van der Waals surface area contributed by atoms with Gasteiger partial charge in [0, 0.05) is 25.7 Å². The van der Waals surface area contributed by atoms with Crippen molar-refractivity contribution in [2.75, 3.05) is 39.6 Å². The second-order valence-corrected chi connectivity index (χ2v) is 33.5. The van der Waals surface area contributed by atoms with Crippen LogP contribution in [0, 0.1) is 11.8 Å². The number of carbonyl (C=O) groups is 4. The molecule has 17 nitrogen and oxygen atoms in total. The number of unbranched alkanes of at least 4 members (excludes halogenated alkanes) is 51. The van der Waals surface area contributed by atoms with Crippen LogP contribution in [-0.2, 0) is 65.4 Å². The molecule has 3 unspecified atom stereocenters. The zero-order valence-electron chi connectivity index (χ0n) is 66.9. The Labute approximate surface area is 626 Å². The largest absolute Gasteiger partial charge is 0.472 e. The highest BCUT2D eigenvalue weighted by molar-refractivity contribution is 7.47. The third kappa shape index (κ3) is 74.9. The summed E-state index contributed by atoms with van der Waals surface area (Å²) in [5.74, 6) is -0.528. The number of aliphatic hydroxyl groups excluding tert-OH is 1. The number of hydrogen-bond acceptors (Lipinski definition) is 15. The minimum absolute atomic E-state index is 0.107. The van der Waals surface area contributed by atoms with Crippen molar-refractivity contribution in [1.82, 2.24) is 0 Å². The van der Waals surface area contributed by atoms with Gasteiger partial charge in [0.1, 0.15) is 19.3 Å². The number of esters is 4. The first-order valence-electron chi connectivity index (χ1n) is 43.0. The smallest absolute Gasteiger partial charge is 0.462 e. The molecule has 0 aromatic rings. The van der Waals surface area contributed by atoms with E-state index < -0.39 is 97.5 Å². The SMILES string of the molecule is CCCCCCCCCCCCCCCCCCCCCCC(=O)O[C@H](COC(=O)CCCCCCCCCCCCCCCCC(C)C)COP(=O)(O)OC[C@@H](O)COP(=O)(O)OC[C@@H](COC(=O)CCCCCCCCCCC(C)CC)OC(=O)CCCCCCCCCCCCCCC. The van der Waals surface area contributed by atoms with Gasteiger partial charge in [-0.3, -0.25) is 37.3 Å². The molecular weight excluding hydrogens is 1330 g/mol. The summed E-state index contributed by atoms with van der Waals surface area (Å²) in [6, 6.07) is 0. The van der Waals surface area contributed by atoms with E-state index in [2.05, 4.69) is 41.5 Å². The molecule has 102 heavy (non-hydrogen) atoms. The first-order valence-corrected chi connectivity index (χ1v) is 46.0. The third-order valence-electron chi connectivity index (χ3n) is 19.8. The first-order chi connectivity index (χ1) is 49.4. The molecule has 0 heterocycles. The molecule has 6 atom stereocenters. The van der Waals surface area contributed by atoms with Crippen LogP contribution in [0.2, 0.25) is 0 Å². The van der Waals surface area contributed by atoms with E-state index in [1.54, 1.807) is 0 Å². The molecule has 19 heteroatoms. The van der Waals surface area contributed by atoms with Gasteiger partial charge in [0.2, 0.25) is 0 Å². The van der Waals surface area contributed by atoms with E-state index >= 15 is 0 Å². The molecule has 0 saturated carbocycles. The molecule has 0 saturated heterocycles. The van der Waals surface area contributed by atoms with Gasteiger partial charge in [-0.05, 0) is 37.5 Å². The van der Waals surface area contributed by atoms with E-state index in [4.69, 9.17) is 37.0 Å². The molecule has 0 spiro atoms. The maximum absolute atomic E-state index is 13.1. The van der Waals surface area contributed by atoms with Gasteiger partial charge in [-0.25, -0.2) is 9.13 Å². The van der Waals surface area contributed by atoms with Crippen molar-refractivity contribution in [3.8, 4) is 0 Å². The van der Waals surface area contributed by atoms with Gasteiger partial charge in [0.15, 0.2) is 12.2 Å². The van der Waals surface area contributed by atoms with Gasteiger partial charge in [-0.15, -0.1) is 0 Å². The number of phosphoric acid groups is 2. The fourth-order valence-electron chi connectivity index (χ4n) is 12.9. The molecule has 0 aliphatic heterocycles. The maximum atomic E-state index is 13.1. The van der Waals surface area contributed by atoms with Gasteiger partial charge < -0.3 is 33.8 Å². The van der Waals surface area contributed by atoms with E-state index in [1.807, 2.05) is 0 Å². The third-order valence-corrected chi connectivity index (χ3v) is 21.7. The highest BCUT2D eigenvalue weighted by Gasteiger charge is 2.30. The van der Waals surface area contributed by atoms with Crippen molar-refractivity contribution in [3.05, 3.63) is 0 Å². The van der Waals surface area contributed by atoms with Gasteiger partial charge in [-0.2, -0.15) is 0 Å². The fraction of sp³-hybridized carbons (Fsp3) is 0.952. The zero-order valence-corrected chi connectivity index (χ0v) is 68.7. The fourth-order valence-corrected chi connectivity index (χ4v) is 14.4. The molecular formula is C83H162O17P2. The first kappa shape index (κ1) is 100. The summed E-state index contributed by atoms with van der Waals surface area (Å²) in [5.41, 5.74) is 0. The summed E-state index contributed by atoms with van der Waals surface area (Å²) in [6.07, 6.45) is 65.1. The van der Waals surface area contributed by atoms with Crippen LogP contribution >= 0.6 is 15.6 Å². The molecule has 606 valence electrons. The van der Waals surface area contributed by atoms with Crippen LogP contribution in [0.5, 0.6) is 0 Å². The van der Waals surface area contributed by atoms with Crippen LogP contribution in [0.25, 0.3) is 0 Å². The lowest BCUT2D eigenvalue weighted by atomic mass is 9.99. The number of rotatable bonds is 82. The normalized spacial score (nSPS) is 14.1. The number of ether oxygens (including phenoxy) is 4. The Morgan fingerprint density at radius 3 is 0.745 bits per heavy atom. The van der Waals surface area contributed by atoms with Gasteiger partial charge >= 0.3 is 39.5 Å². The highest BCUT2D eigenvalue weighted by Crippen LogP contribution is 2.45. The molecule has 0 fully saturated rings. The van der Waals surface area contributed by atoms with Crippen molar-refractivity contribution in [3.63, 3.8) is 0 Å². The van der Waals surface area contributed by atoms with Crippen molar-refractivity contribution in [2.24, 2.45) is 11.8 Å². The van der Waals surface area contributed by atoms with Crippen LogP contribution in [0.3, 0.4) is 0 Å². The monoisotopic (exact) mass is 1490 g/mol. The molecule has 0 aliphatic carbocycles. The van der Waals surface area contributed by atoms with Crippen molar-refractivity contribution >= 4 is 39.5 Å². The highest BCUT2D eigenvalue weighted by atomic mass is 31.2. The Hall–Kier alpha value is -1.94. The van der Waals surface area contributed by atoms with Gasteiger partial charge in [0.05, 0.1) is 26.4 Å². The summed E-state index contributed by atoms with van der Waals surface area (Å²) in [7, 11) is -9.92. The van der Waals surface area contributed by atoms with E-state index in [9.17, 15) is 43.2 Å². The van der Waals surface area contributed by atoms with Gasteiger partial charge in [0.25, 0.3) is 0 Å². The van der Waals surface area contributed by atoms with E-state index in [-0.39, 0.29) is 25.7 Å². The number of phosphoric ester groups is 2. The van der Waals surface area contributed by atoms with E-state index in [0.29, 0.717) is 25.7 Å². The number of hydrogen-bond donors (Lipinski definition) is 3. The Kier molecular flexibility index (Phi) is 73.1. The molecule has 0 bridgehead atoms. The van der Waals surface area contributed by atoms with Gasteiger partial charge in [-0.1, -0.05) is 388 Å². The van der Waals surface area contributed by atoms with Crippen LogP contribution < -0.4 is 0 Å². The molecule has 0 amide bonds. The predicted molar refractivity (Wildman–Crippen MR) is 418 cm³/mol. The summed E-state index contributed by atoms with van der Waals surface area (Å²) in [4.78, 5) is 73.1. The lowest BCUT2D eigenvalue weighted by Gasteiger charge is -2.21. The quantitative estimate of drug-likeness (QED) is 0.0222. The molecule has 0 radical (unpaired) electrons. The molecule has 0 aromatic carbocycles. The summed E-state index contributed by atoms with van der Waals surface area (Å²) < 4.78 is 68.8.